The Hall–Kier alpha value is -4.25. The van der Waals surface area contributed by atoms with Crippen LogP contribution in [0.15, 0.2) is 108 Å². The van der Waals surface area contributed by atoms with E-state index in [2.05, 4.69) is 5.32 Å². The first kappa shape index (κ1) is 29.2. The number of fused-ring (bicyclic) bond motifs is 1. The molecule has 1 aliphatic rings. The fourth-order valence-electron chi connectivity index (χ4n) is 4.52. The van der Waals surface area contributed by atoms with Gasteiger partial charge in [0.15, 0.2) is 6.10 Å². The molecule has 1 atom stereocenters. The summed E-state index contributed by atoms with van der Waals surface area (Å²) in [4.78, 5) is 28.2. The van der Waals surface area contributed by atoms with Crippen LogP contribution in [-0.4, -0.2) is 43.7 Å². The third-order valence-electron chi connectivity index (χ3n) is 6.71. The second-order valence-electron chi connectivity index (χ2n) is 9.64. The van der Waals surface area contributed by atoms with Gasteiger partial charge in [-0.05, 0) is 59.7 Å². The van der Waals surface area contributed by atoms with Crippen LogP contribution in [0.5, 0.6) is 5.75 Å². The molecule has 0 bridgehead atoms. The number of para-hydroxylation sites is 2. The van der Waals surface area contributed by atoms with Crippen molar-refractivity contribution in [2.75, 3.05) is 18.0 Å². The van der Waals surface area contributed by atoms with Crippen LogP contribution in [0, 0.1) is 5.82 Å². The van der Waals surface area contributed by atoms with Crippen LogP contribution in [0.1, 0.15) is 11.1 Å². The van der Waals surface area contributed by atoms with Gasteiger partial charge >= 0.3 is 0 Å². The van der Waals surface area contributed by atoms with Crippen molar-refractivity contribution < 1.29 is 27.1 Å². The molecule has 0 radical (unpaired) electrons. The SMILES string of the molecule is O=C(NCc1ccccc1)[C@H]1CN(C(=O)CN(Cc2ccc(F)cc2)S(=O)(=O)c2ccc(Cl)cc2)c2ccccc2O1. The minimum absolute atomic E-state index is 0.0534. The van der Waals surface area contributed by atoms with Gasteiger partial charge in [-0.2, -0.15) is 4.31 Å². The van der Waals surface area contributed by atoms with Gasteiger partial charge in [0.05, 0.1) is 23.7 Å². The summed E-state index contributed by atoms with van der Waals surface area (Å²) in [5.74, 6) is -1.12. The number of amides is 2. The van der Waals surface area contributed by atoms with Crippen LogP contribution in [0.2, 0.25) is 5.02 Å². The van der Waals surface area contributed by atoms with Gasteiger partial charge in [-0.1, -0.05) is 66.2 Å². The van der Waals surface area contributed by atoms with Crippen molar-refractivity contribution in [3.05, 3.63) is 125 Å². The van der Waals surface area contributed by atoms with Crippen molar-refractivity contribution in [1.82, 2.24) is 9.62 Å². The summed E-state index contributed by atoms with van der Waals surface area (Å²) < 4.78 is 48.0. The molecule has 42 heavy (non-hydrogen) atoms. The number of benzene rings is 4. The lowest BCUT2D eigenvalue weighted by molar-refractivity contribution is -0.128. The molecule has 1 aliphatic heterocycles. The molecule has 0 aliphatic carbocycles. The number of halogens is 2. The largest absolute Gasteiger partial charge is 0.477 e. The third-order valence-corrected chi connectivity index (χ3v) is 8.77. The van der Waals surface area contributed by atoms with Gasteiger partial charge in [-0.3, -0.25) is 9.59 Å². The van der Waals surface area contributed by atoms with Crippen LogP contribution < -0.4 is 15.0 Å². The highest BCUT2D eigenvalue weighted by Gasteiger charge is 2.36. The topological polar surface area (TPSA) is 96.0 Å². The molecule has 1 N–H and O–H groups in total. The molecule has 0 spiro atoms. The van der Waals surface area contributed by atoms with E-state index < -0.39 is 40.3 Å². The maximum Gasteiger partial charge on any atom is 0.263 e. The second kappa shape index (κ2) is 12.7. The Morgan fingerprint density at radius 2 is 1.57 bits per heavy atom. The number of nitrogens with one attached hydrogen (secondary N) is 1. The maximum absolute atomic E-state index is 13.8. The summed E-state index contributed by atoms with van der Waals surface area (Å²) in [6.45, 7) is -0.583. The van der Waals surface area contributed by atoms with E-state index in [0.717, 1.165) is 9.87 Å². The molecule has 0 saturated heterocycles. The summed E-state index contributed by atoms with van der Waals surface area (Å²) >= 11 is 5.97. The Balaban J connectivity index is 1.40. The monoisotopic (exact) mass is 607 g/mol. The Morgan fingerprint density at radius 3 is 2.29 bits per heavy atom. The summed E-state index contributed by atoms with van der Waals surface area (Å²) in [5.41, 5.74) is 1.81. The molecule has 1 heterocycles. The van der Waals surface area contributed by atoms with Gasteiger partial charge in [0, 0.05) is 18.1 Å². The fraction of sp³-hybridized carbons (Fsp3) is 0.161. The Kier molecular flexibility index (Phi) is 8.86. The number of carbonyl (C=O) groups is 2. The molecule has 216 valence electrons. The van der Waals surface area contributed by atoms with E-state index in [0.29, 0.717) is 22.0 Å². The van der Waals surface area contributed by atoms with Crippen LogP contribution in [0.3, 0.4) is 0 Å². The van der Waals surface area contributed by atoms with Crippen molar-refractivity contribution in [1.29, 1.82) is 0 Å². The zero-order valence-electron chi connectivity index (χ0n) is 22.3. The lowest BCUT2D eigenvalue weighted by Crippen LogP contribution is -2.52. The molecule has 4 aromatic rings. The zero-order valence-corrected chi connectivity index (χ0v) is 23.9. The number of anilines is 1. The van der Waals surface area contributed by atoms with Gasteiger partial charge in [0.2, 0.25) is 15.9 Å². The lowest BCUT2D eigenvalue weighted by atomic mass is 10.1. The molecule has 4 aromatic carbocycles. The van der Waals surface area contributed by atoms with Gasteiger partial charge < -0.3 is 15.0 Å². The number of hydrogen-bond acceptors (Lipinski definition) is 5. The first-order chi connectivity index (χ1) is 20.2. The maximum atomic E-state index is 13.8. The molecule has 5 rings (SSSR count). The first-order valence-corrected chi connectivity index (χ1v) is 14.9. The zero-order chi connectivity index (χ0) is 29.7. The fourth-order valence-corrected chi connectivity index (χ4v) is 6.02. The van der Waals surface area contributed by atoms with E-state index in [1.165, 1.54) is 53.4 Å². The highest BCUT2D eigenvalue weighted by molar-refractivity contribution is 7.89. The average Bonchev–Trinajstić information content (AvgIpc) is 3.00. The molecule has 0 saturated carbocycles. The summed E-state index contributed by atoms with van der Waals surface area (Å²) in [6.07, 6.45) is -1.02. The smallest absolute Gasteiger partial charge is 0.263 e. The van der Waals surface area contributed by atoms with Crippen LogP contribution >= 0.6 is 11.6 Å². The van der Waals surface area contributed by atoms with Gasteiger partial charge in [-0.25, -0.2) is 12.8 Å². The Bertz CT molecular complexity index is 1670. The van der Waals surface area contributed by atoms with Crippen molar-refractivity contribution >= 4 is 39.1 Å². The molecular weight excluding hydrogens is 581 g/mol. The summed E-state index contributed by atoms with van der Waals surface area (Å²) in [7, 11) is -4.18. The standard InChI is InChI=1S/C31H27ClFN3O5S/c32-24-12-16-26(17-13-24)42(39,40)35(19-23-10-14-25(33)15-11-23)21-30(37)36-20-29(41-28-9-5-4-8-27(28)36)31(38)34-18-22-6-2-1-3-7-22/h1-17,29H,18-21H2,(H,34,38)/t29-/m1/s1. The predicted molar refractivity (Wildman–Crippen MR) is 157 cm³/mol. The van der Waals surface area contributed by atoms with Crippen molar-refractivity contribution in [2.24, 2.45) is 0 Å². The number of nitrogens with zero attached hydrogens (tertiary/aromatic N) is 2. The number of sulfonamides is 1. The van der Waals surface area contributed by atoms with Gasteiger partial charge in [0.1, 0.15) is 11.6 Å². The lowest BCUT2D eigenvalue weighted by Gasteiger charge is -2.35. The van der Waals surface area contributed by atoms with E-state index in [1.807, 2.05) is 30.3 Å². The molecule has 11 heteroatoms. The minimum atomic E-state index is -4.18. The van der Waals surface area contributed by atoms with Crippen molar-refractivity contribution in [3.8, 4) is 5.75 Å². The Morgan fingerprint density at radius 1 is 0.905 bits per heavy atom. The summed E-state index contributed by atoms with van der Waals surface area (Å²) in [6, 6.07) is 27.1. The molecule has 0 fully saturated rings. The Labute approximate surface area is 248 Å². The number of ether oxygens (including phenoxy) is 1. The van der Waals surface area contributed by atoms with E-state index in [4.69, 9.17) is 16.3 Å². The van der Waals surface area contributed by atoms with E-state index in [1.54, 1.807) is 24.3 Å². The molecule has 8 nitrogen and oxygen atoms in total. The second-order valence-corrected chi connectivity index (χ2v) is 12.0. The van der Waals surface area contributed by atoms with Gasteiger partial charge in [0.25, 0.3) is 5.91 Å². The third kappa shape index (κ3) is 6.79. The minimum Gasteiger partial charge on any atom is -0.477 e. The average molecular weight is 608 g/mol. The first-order valence-electron chi connectivity index (χ1n) is 13.1. The van der Waals surface area contributed by atoms with Crippen molar-refractivity contribution in [3.63, 3.8) is 0 Å². The number of rotatable bonds is 9. The van der Waals surface area contributed by atoms with Crippen LogP contribution in [-0.2, 0) is 32.7 Å². The van der Waals surface area contributed by atoms with E-state index in [9.17, 15) is 22.4 Å². The summed E-state index contributed by atoms with van der Waals surface area (Å²) in [5, 5.41) is 3.20. The highest BCUT2D eigenvalue weighted by atomic mass is 35.5. The van der Waals surface area contributed by atoms with E-state index in [-0.39, 0.29) is 24.5 Å². The predicted octanol–water partition coefficient (Wildman–Crippen LogP) is 4.78. The van der Waals surface area contributed by atoms with Crippen LogP contribution in [0.25, 0.3) is 0 Å². The molecule has 2 amide bonds. The molecule has 0 aromatic heterocycles. The molecule has 0 unspecified atom stereocenters. The quantitative estimate of drug-likeness (QED) is 0.295. The number of carbonyl (C=O) groups excluding carboxylic acids is 2. The highest BCUT2D eigenvalue weighted by Crippen LogP contribution is 2.34. The van der Waals surface area contributed by atoms with Crippen LogP contribution in [0.4, 0.5) is 10.1 Å². The van der Waals surface area contributed by atoms with Gasteiger partial charge in [-0.15, -0.1) is 0 Å². The molecular formula is C31H27ClFN3O5S. The normalized spacial score (nSPS) is 14.6. The van der Waals surface area contributed by atoms with E-state index >= 15 is 0 Å². The number of hydrogen-bond donors (Lipinski definition) is 1. The van der Waals surface area contributed by atoms with Crippen molar-refractivity contribution in [2.45, 2.75) is 24.1 Å².